The summed E-state index contributed by atoms with van der Waals surface area (Å²) in [7, 11) is -3.25. The number of sulfonamides is 1. The van der Waals surface area contributed by atoms with Crippen molar-refractivity contribution in [1.29, 1.82) is 0 Å². The van der Waals surface area contributed by atoms with Crippen molar-refractivity contribution in [2.24, 2.45) is 0 Å². The van der Waals surface area contributed by atoms with Crippen LogP contribution in [0.5, 0.6) is 0 Å². The van der Waals surface area contributed by atoms with Gasteiger partial charge in [0.1, 0.15) is 0 Å². The Bertz CT molecular complexity index is 1050. The number of nitrogens with one attached hydrogen (secondary N) is 1. The molecular formula is C23H30ClN3O3S. The molecule has 0 bridgehead atoms. The highest BCUT2D eigenvalue weighted by atomic mass is 35.5. The monoisotopic (exact) mass is 463 g/mol. The molecule has 0 spiro atoms. The van der Waals surface area contributed by atoms with Gasteiger partial charge in [-0.1, -0.05) is 30.7 Å². The first kappa shape index (κ1) is 23.7. The average molecular weight is 464 g/mol. The molecule has 1 aliphatic heterocycles. The number of nitrogens with zero attached hydrogens (tertiary/aromatic N) is 2. The smallest absolute Gasteiger partial charge is 0.252 e. The van der Waals surface area contributed by atoms with E-state index in [9.17, 15) is 13.2 Å². The van der Waals surface area contributed by atoms with E-state index in [1.54, 1.807) is 22.6 Å². The summed E-state index contributed by atoms with van der Waals surface area (Å²) in [5.74, 6) is -0.0790. The van der Waals surface area contributed by atoms with Gasteiger partial charge in [0.2, 0.25) is 10.0 Å². The molecule has 0 aliphatic carbocycles. The van der Waals surface area contributed by atoms with Gasteiger partial charge in [-0.15, -0.1) is 0 Å². The molecule has 2 aromatic rings. The number of carbonyl (C=O) groups is 1. The quantitative estimate of drug-likeness (QED) is 0.676. The number of benzene rings is 1. The maximum absolute atomic E-state index is 12.9. The van der Waals surface area contributed by atoms with Crippen molar-refractivity contribution in [1.82, 2.24) is 14.6 Å². The number of aryl methyl sites for hydroxylation is 2. The first-order valence-corrected chi connectivity index (χ1v) is 12.6. The summed E-state index contributed by atoms with van der Waals surface area (Å²) in [5, 5.41) is 3.46. The molecule has 1 aliphatic rings. The molecule has 2 heterocycles. The van der Waals surface area contributed by atoms with Gasteiger partial charge >= 0.3 is 0 Å². The van der Waals surface area contributed by atoms with E-state index < -0.39 is 15.4 Å². The molecular weight excluding hydrogens is 434 g/mol. The lowest BCUT2D eigenvalue weighted by Crippen LogP contribution is -2.51. The summed E-state index contributed by atoms with van der Waals surface area (Å²) in [6.07, 6.45) is 3.53. The topological polar surface area (TPSA) is 79.4 Å². The number of pyridine rings is 1. The van der Waals surface area contributed by atoms with Crippen LogP contribution in [0.1, 0.15) is 53.4 Å². The Labute approximate surface area is 190 Å². The van der Waals surface area contributed by atoms with E-state index in [4.69, 9.17) is 11.6 Å². The SMILES string of the molecule is CCCS(=O)(=O)N1CCC(CNC(=O)c2ccc(C)cc2Cl)(c2ncccc2C)CC1. The van der Waals surface area contributed by atoms with Crippen molar-refractivity contribution in [2.75, 3.05) is 25.4 Å². The van der Waals surface area contributed by atoms with Gasteiger partial charge in [0.15, 0.2) is 0 Å². The molecule has 0 saturated carbocycles. The van der Waals surface area contributed by atoms with Crippen molar-refractivity contribution in [2.45, 2.75) is 45.4 Å². The van der Waals surface area contributed by atoms with Crippen molar-refractivity contribution in [3.63, 3.8) is 0 Å². The maximum atomic E-state index is 12.9. The minimum atomic E-state index is -3.25. The van der Waals surface area contributed by atoms with Crippen LogP contribution in [0, 0.1) is 13.8 Å². The van der Waals surface area contributed by atoms with Crippen LogP contribution in [0.3, 0.4) is 0 Å². The molecule has 8 heteroatoms. The average Bonchev–Trinajstić information content (AvgIpc) is 2.72. The third-order valence-electron chi connectivity index (χ3n) is 6.00. The zero-order chi connectivity index (χ0) is 22.6. The first-order valence-electron chi connectivity index (χ1n) is 10.6. The van der Waals surface area contributed by atoms with Crippen LogP contribution in [0.2, 0.25) is 5.02 Å². The summed E-state index contributed by atoms with van der Waals surface area (Å²) in [5.41, 5.74) is 2.94. The van der Waals surface area contributed by atoms with E-state index in [1.807, 2.05) is 39.0 Å². The van der Waals surface area contributed by atoms with Gasteiger partial charge in [-0.05, 0) is 62.4 Å². The Hall–Kier alpha value is -1.96. The molecule has 1 amide bonds. The molecule has 168 valence electrons. The molecule has 1 aromatic heterocycles. The van der Waals surface area contributed by atoms with Gasteiger partial charge < -0.3 is 5.32 Å². The van der Waals surface area contributed by atoms with Crippen LogP contribution in [0.4, 0.5) is 0 Å². The lowest BCUT2D eigenvalue weighted by molar-refractivity contribution is 0.0932. The number of aromatic nitrogens is 1. The number of halogens is 1. The van der Waals surface area contributed by atoms with Crippen molar-refractivity contribution >= 4 is 27.5 Å². The van der Waals surface area contributed by atoms with E-state index in [0.29, 0.717) is 49.5 Å². The zero-order valence-electron chi connectivity index (χ0n) is 18.3. The predicted molar refractivity (Wildman–Crippen MR) is 124 cm³/mol. The van der Waals surface area contributed by atoms with Crippen molar-refractivity contribution < 1.29 is 13.2 Å². The van der Waals surface area contributed by atoms with E-state index >= 15 is 0 Å². The largest absolute Gasteiger partial charge is 0.351 e. The fourth-order valence-electron chi connectivity index (χ4n) is 4.27. The standard InChI is InChI=1S/C23H30ClN3O3S/c1-4-14-31(29,30)27-12-9-23(10-13-27,21-18(3)6-5-11-25-21)16-26-22(28)19-8-7-17(2)15-20(19)24/h5-8,11,15H,4,9-10,12-14,16H2,1-3H3,(H,26,28). The summed E-state index contributed by atoms with van der Waals surface area (Å²) in [4.78, 5) is 17.5. The predicted octanol–water partition coefficient (Wildman–Crippen LogP) is 3.86. The first-order chi connectivity index (χ1) is 14.7. The summed E-state index contributed by atoms with van der Waals surface area (Å²) < 4.78 is 26.7. The van der Waals surface area contributed by atoms with Crippen LogP contribution >= 0.6 is 11.6 Å². The van der Waals surface area contributed by atoms with Crippen LogP contribution in [-0.2, 0) is 15.4 Å². The Morgan fingerprint density at radius 3 is 2.55 bits per heavy atom. The van der Waals surface area contributed by atoms with Crippen LogP contribution < -0.4 is 5.32 Å². The van der Waals surface area contributed by atoms with Crippen LogP contribution in [0.15, 0.2) is 36.5 Å². The van der Waals surface area contributed by atoms with Crippen LogP contribution in [-0.4, -0.2) is 49.0 Å². The number of rotatable bonds is 7. The number of amides is 1. The molecule has 1 saturated heterocycles. The van der Waals surface area contributed by atoms with Gasteiger partial charge in [-0.25, -0.2) is 12.7 Å². The Morgan fingerprint density at radius 1 is 1.23 bits per heavy atom. The van der Waals surface area contributed by atoms with Gasteiger partial charge in [0, 0.05) is 31.2 Å². The van der Waals surface area contributed by atoms with Gasteiger partial charge in [-0.2, -0.15) is 0 Å². The molecule has 0 atom stereocenters. The van der Waals surface area contributed by atoms with Gasteiger partial charge in [0.25, 0.3) is 5.91 Å². The maximum Gasteiger partial charge on any atom is 0.252 e. The molecule has 0 radical (unpaired) electrons. The Kier molecular flexibility index (Phi) is 7.39. The minimum absolute atomic E-state index is 0.158. The third-order valence-corrected chi connectivity index (χ3v) is 8.39. The second-order valence-corrected chi connectivity index (χ2v) is 10.8. The van der Waals surface area contributed by atoms with Crippen molar-refractivity contribution in [3.8, 4) is 0 Å². The second kappa shape index (κ2) is 9.67. The highest BCUT2D eigenvalue weighted by Gasteiger charge is 2.41. The Balaban J connectivity index is 1.83. The highest BCUT2D eigenvalue weighted by molar-refractivity contribution is 7.89. The van der Waals surface area contributed by atoms with Gasteiger partial charge in [-0.3, -0.25) is 9.78 Å². The van der Waals surface area contributed by atoms with Crippen LogP contribution in [0.25, 0.3) is 0 Å². The highest BCUT2D eigenvalue weighted by Crippen LogP contribution is 2.36. The van der Waals surface area contributed by atoms with Crippen molar-refractivity contribution in [3.05, 3.63) is 63.9 Å². The van der Waals surface area contributed by atoms with E-state index in [1.165, 1.54) is 0 Å². The molecule has 6 nitrogen and oxygen atoms in total. The molecule has 3 rings (SSSR count). The fraction of sp³-hybridized carbons (Fsp3) is 0.478. The number of hydrogen-bond donors (Lipinski definition) is 1. The fourth-order valence-corrected chi connectivity index (χ4v) is 6.10. The molecule has 1 fully saturated rings. The lowest BCUT2D eigenvalue weighted by Gasteiger charge is -2.41. The molecule has 0 unspecified atom stereocenters. The third kappa shape index (κ3) is 5.27. The number of hydrogen-bond acceptors (Lipinski definition) is 4. The summed E-state index contributed by atoms with van der Waals surface area (Å²) in [6, 6.07) is 9.25. The zero-order valence-corrected chi connectivity index (χ0v) is 19.9. The number of carbonyl (C=O) groups excluding carboxylic acids is 1. The van der Waals surface area contributed by atoms with E-state index in [-0.39, 0.29) is 11.7 Å². The molecule has 1 aromatic carbocycles. The lowest BCUT2D eigenvalue weighted by atomic mass is 9.74. The van der Waals surface area contributed by atoms with E-state index in [2.05, 4.69) is 10.3 Å². The molecule has 31 heavy (non-hydrogen) atoms. The second-order valence-electron chi connectivity index (χ2n) is 8.33. The normalized spacial score (nSPS) is 16.8. The summed E-state index contributed by atoms with van der Waals surface area (Å²) in [6.45, 7) is 7.00. The molecule has 1 N–H and O–H groups in total. The van der Waals surface area contributed by atoms with E-state index in [0.717, 1.165) is 16.8 Å². The number of piperidine rings is 1. The summed E-state index contributed by atoms with van der Waals surface area (Å²) >= 11 is 6.28. The van der Waals surface area contributed by atoms with Gasteiger partial charge in [0.05, 0.1) is 22.0 Å². The Morgan fingerprint density at radius 2 is 1.94 bits per heavy atom. The minimum Gasteiger partial charge on any atom is -0.351 e.